The lowest BCUT2D eigenvalue weighted by molar-refractivity contribution is 0.0606. The number of aromatic nitrogens is 1. The number of hydrogen-bond donors (Lipinski definition) is 2. The summed E-state index contributed by atoms with van der Waals surface area (Å²) < 4.78 is 0. The van der Waals surface area contributed by atoms with Crippen molar-refractivity contribution in [2.45, 2.75) is 19.4 Å². The minimum absolute atomic E-state index is 0.0915. The van der Waals surface area contributed by atoms with Crippen LogP contribution in [0, 0.1) is 0 Å². The summed E-state index contributed by atoms with van der Waals surface area (Å²) in [7, 11) is 0. The third kappa shape index (κ3) is 3.68. The Morgan fingerprint density at radius 3 is 2.57 bits per heavy atom. The number of nitrogens with zero attached hydrogens (tertiary/aromatic N) is 2. The summed E-state index contributed by atoms with van der Waals surface area (Å²) in [5.41, 5.74) is 5.82. The van der Waals surface area contributed by atoms with Crippen molar-refractivity contribution in [1.82, 2.24) is 14.8 Å². The lowest BCUT2D eigenvalue weighted by atomic mass is 10.1. The first kappa shape index (κ1) is 15.7. The number of carbonyl (C=O) groups excluding carboxylic acids is 1. The van der Waals surface area contributed by atoms with Crippen molar-refractivity contribution in [3.8, 4) is 0 Å². The SMILES string of the molecule is CCC(C(N)=S)N1CCN(C(=O)c2cccc(=O)[nH]2)CC1. The standard InChI is InChI=1S/C14H20N4O2S/c1-2-11(13(15)21)17-6-8-18(9-7-17)14(20)10-4-3-5-12(19)16-10/h3-5,11H,2,6-9H2,1H3,(H2,15,21)(H,16,19). The van der Waals surface area contributed by atoms with E-state index in [4.69, 9.17) is 18.0 Å². The quantitative estimate of drug-likeness (QED) is 0.776. The Kier molecular flexibility index (Phi) is 5.08. The van der Waals surface area contributed by atoms with Gasteiger partial charge >= 0.3 is 0 Å². The maximum Gasteiger partial charge on any atom is 0.270 e. The normalized spacial score (nSPS) is 17.5. The molecule has 6 nitrogen and oxygen atoms in total. The van der Waals surface area contributed by atoms with Crippen LogP contribution in [0.25, 0.3) is 0 Å². The van der Waals surface area contributed by atoms with E-state index >= 15 is 0 Å². The molecule has 1 aromatic rings. The molecule has 2 heterocycles. The molecule has 0 bridgehead atoms. The van der Waals surface area contributed by atoms with E-state index < -0.39 is 0 Å². The fraction of sp³-hybridized carbons (Fsp3) is 0.500. The molecule has 1 aliphatic heterocycles. The van der Waals surface area contributed by atoms with E-state index in [0.717, 1.165) is 19.5 Å². The number of nitrogens with one attached hydrogen (secondary N) is 1. The molecule has 0 saturated carbocycles. The second-order valence-corrected chi connectivity index (χ2v) is 5.55. The number of nitrogens with two attached hydrogens (primary N) is 1. The van der Waals surface area contributed by atoms with Crippen LogP contribution in [-0.4, -0.2) is 57.9 Å². The van der Waals surface area contributed by atoms with Crippen LogP contribution in [0.15, 0.2) is 23.0 Å². The molecule has 2 rings (SSSR count). The fourth-order valence-corrected chi connectivity index (χ4v) is 2.93. The van der Waals surface area contributed by atoms with E-state index in [-0.39, 0.29) is 17.5 Å². The van der Waals surface area contributed by atoms with Gasteiger partial charge in [-0.05, 0) is 12.5 Å². The first-order valence-electron chi connectivity index (χ1n) is 7.05. The molecule has 1 unspecified atom stereocenters. The molecule has 1 saturated heterocycles. The Bertz CT molecular complexity index is 578. The van der Waals surface area contributed by atoms with E-state index in [0.29, 0.717) is 23.8 Å². The minimum atomic E-state index is -0.265. The predicted octanol–water partition coefficient (Wildman–Crippen LogP) is 0.197. The average molecular weight is 308 g/mol. The Morgan fingerprint density at radius 1 is 1.38 bits per heavy atom. The Labute approximate surface area is 128 Å². The molecule has 3 N–H and O–H groups in total. The van der Waals surface area contributed by atoms with Gasteiger partial charge in [0.1, 0.15) is 5.69 Å². The van der Waals surface area contributed by atoms with Gasteiger partial charge < -0.3 is 15.6 Å². The summed E-state index contributed by atoms with van der Waals surface area (Å²) in [6.07, 6.45) is 0.870. The van der Waals surface area contributed by atoms with Gasteiger partial charge in [0.15, 0.2) is 0 Å². The van der Waals surface area contributed by atoms with Crippen molar-refractivity contribution in [3.63, 3.8) is 0 Å². The van der Waals surface area contributed by atoms with Gasteiger partial charge in [-0.1, -0.05) is 25.2 Å². The predicted molar refractivity (Wildman–Crippen MR) is 85.4 cm³/mol. The third-order valence-corrected chi connectivity index (χ3v) is 4.03. The second kappa shape index (κ2) is 6.82. The first-order chi connectivity index (χ1) is 10.0. The Morgan fingerprint density at radius 2 is 2.05 bits per heavy atom. The lowest BCUT2D eigenvalue weighted by Crippen LogP contribution is -2.54. The van der Waals surface area contributed by atoms with Gasteiger partial charge in [-0.2, -0.15) is 0 Å². The molecule has 1 aromatic heterocycles. The van der Waals surface area contributed by atoms with E-state index in [9.17, 15) is 9.59 Å². The van der Waals surface area contributed by atoms with Crippen LogP contribution in [0.4, 0.5) is 0 Å². The minimum Gasteiger partial charge on any atom is -0.392 e. The van der Waals surface area contributed by atoms with Gasteiger partial charge in [-0.25, -0.2) is 0 Å². The maximum absolute atomic E-state index is 12.3. The molecule has 114 valence electrons. The van der Waals surface area contributed by atoms with Crippen LogP contribution in [0.5, 0.6) is 0 Å². The molecular weight excluding hydrogens is 288 g/mol. The number of amides is 1. The molecule has 1 amide bonds. The van der Waals surface area contributed by atoms with Crippen molar-refractivity contribution in [3.05, 3.63) is 34.2 Å². The van der Waals surface area contributed by atoms with E-state index in [1.807, 2.05) is 0 Å². The van der Waals surface area contributed by atoms with Crippen molar-refractivity contribution >= 4 is 23.1 Å². The number of pyridine rings is 1. The largest absolute Gasteiger partial charge is 0.392 e. The van der Waals surface area contributed by atoms with Crippen molar-refractivity contribution in [2.75, 3.05) is 26.2 Å². The highest BCUT2D eigenvalue weighted by molar-refractivity contribution is 7.80. The molecule has 1 fully saturated rings. The van der Waals surface area contributed by atoms with E-state index in [1.54, 1.807) is 17.0 Å². The monoisotopic (exact) mass is 308 g/mol. The number of H-pyrrole nitrogens is 1. The zero-order valence-corrected chi connectivity index (χ0v) is 12.9. The van der Waals surface area contributed by atoms with Gasteiger partial charge in [-0.3, -0.25) is 14.5 Å². The van der Waals surface area contributed by atoms with Crippen molar-refractivity contribution < 1.29 is 4.79 Å². The Balaban J connectivity index is 1.99. The summed E-state index contributed by atoms with van der Waals surface area (Å²) >= 11 is 5.08. The molecule has 0 aromatic carbocycles. The number of hydrogen-bond acceptors (Lipinski definition) is 4. The third-order valence-electron chi connectivity index (χ3n) is 3.76. The highest BCUT2D eigenvalue weighted by atomic mass is 32.1. The molecule has 0 spiro atoms. The zero-order chi connectivity index (χ0) is 15.4. The molecule has 21 heavy (non-hydrogen) atoms. The van der Waals surface area contributed by atoms with Crippen LogP contribution in [0.1, 0.15) is 23.8 Å². The first-order valence-corrected chi connectivity index (χ1v) is 7.45. The van der Waals surface area contributed by atoms with Crippen LogP contribution < -0.4 is 11.3 Å². The molecule has 0 aliphatic carbocycles. The van der Waals surface area contributed by atoms with Crippen molar-refractivity contribution in [2.24, 2.45) is 5.73 Å². The summed E-state index contributed by atoms with van der Waals surface area (Å²) in [4.78, 5) is 30.6. The number of carbonyl (C=O) groups is 1. The zero-order valence-electron chi connectivity index (χ0n) is 12.0. The van der Waals surface area contributed by atoms with E-state index in [2.05, 4.69) is 16.8 Å². The van der Waals surface area contributed by atoms with Gasteiger partial charge in [0, 0.05) is 32.2 Å². The number of aromatic amines is 1. The van der Waals surface area contributed by atoms with Crippen LogP contribution in [-0.2, 0) is 0 Å². The lowest BCUT2D eigenvalue weighted by Gasteiger charge is -2.38. The fourth-order valence-electron chi connectivity index (χ4n) is 2.62. The summed E-state index contributed by atoms with van der Waals surface area (Å²) in [5.74, 6) is -0.143. The summed E-state index contributed by atoms with van der Waals surface area (Å²) in [5, 5.41) is 0. The van der Waals surface area contributed by atoms with Crippen LogP contribution in [0.2, 0.25) is 0 Å². The molecule has 7 heteroatoms. The highest BCUT2D eigenvalue weighted by Crippen LogP contribution is 2.11. The van der Waals surface area contributed by atoms with Crippen molar-refractivity contribution in [1.29, 1.82) is 0 Å². The Hall–Kier alpha value is -1.73. The number of piperazine rings is 1. The van der Waals surface area contributed by atoms with Crippen LogP contribution >= 0.6 is 12.2 Å². The topological polar surface area (TPSA) is 82.4 Å². The van der Waals surface area contributed by atoms with Gasteiger partial charge in [-0.15, -0.1) is 0 Å². The highest BCUT2D eigenvalue weighted by Gasteiger charge is 2.27. The molecule has 0 radical (unpaired) electrons. The second-order valence-electron chi connectivity index (χ2n) is 5.08. The average Bonchev–Trinajstić information content (AvgIpc) is 2.47. The number of thiocarbonyl (C=S) groups is 1. The van der Waals surface area contributed by atoms with Crippen LogP contribution in [0.3, 0.4) is 0 Å². The van der Waals surface area contributed by atoms with Gasteiger partial charge in [0.25, 0.3) is 5.91 Å². The molecule has 1 atom stereocenters. The number of rotatable bonds is 4. The van der Waals surface area contributed by atoms with Gasteiger partial charge in [0.2, 0.25) is 5.56 Å². The molecule has 1 aliphatic rings. The maximum atomic E-state index is 12.3. The summed E-state index contributed by atoms with van der Waals surface area (Å²) in [6, 6.07) is 4.69. The van der Waals surface area contributed by atoms with E-state index in [1.165, 1.54) is 6.07 Å². The summed E-state index contributed by atoms with van der Waals surface area (Å²) in [6.45, 7) is 4.73. The molecular formula is C14H20N4O2S. The van der Waals surface area contributed by atoms with Gasteiger partial charge in [0.05, 0.1) is 11.0 Å². The smallest absolute Gasteiger partial charge is 0.270 e.